The van der Waals surface area contributed by atoms with Gasteiger partial charge in [0.2, 0.25) is 0 Å². The zero-order valence-corrected chi connectivity index (χ0v) is 13.8. The SMILES string of the molecule is CCCS(=O)(=O)c1ccccc1C(=O)Nc1ccc(C)cc1F. The van der Waals surface area contributed by atoms with E-state index in [1.807, 2.05) is 0 Å². The molecule has 2 aromatic carbocycles. The first-order chi connectivity index (χ1) is 10.8. The van der Waals surface area contributed by atoms with Gasteiger partial charge in [0.1, 0.15) is 5.82 Å². The topological polar surface area (TPSA) is 63.2 Å². The van der Waals surface area contributed by atoms with Crippen molar-refractivity contribution in [3.05, 3.63) is 59.4 Å². The third-order valence-electron chi connectivity index (χ3n) is 3.31. The van der Waals surface area contributed by atoms with Crippen LogP contribution in [0.5, 0.6) is 0 Å². The van der Waals surface area contributed by atoms with E-state index in [0.29, 0.717) is 6.42 Å². The van der Waals surface area contributed by atoms with Gasteiger partial charge in [-0.1, -0.05) is 25.1 Å². The molecule has 0 spiro atoms. The van der Waals surface area contributed by atoms with Gasteiger partial charge in [-0.15, -0.1) is 0 Å². The van der Waals surface area contributed by atoms with E-state index in [0.717, 1.165) is 5.56 Å². The van der Waals surface area contributed by atoms with Gasteiger partial charge in [0, 0.05) is 0 Å². The lowest BCUT2D eigenvalue weighted by molar-refractivity contribution is 0.102. The van der Waals surface area contributed by atoms with Crippen LogP contribution in [0.2, 0.25) is 0 Å². The average Bonchev–Trinajstić information content (AvgIpc) is 2.50. The molecule has 0 heterocycles. The fraction of sp³-hybridized carbons (Fsp3) is 0.235. The summed E-state index contributed by atoms with van der Waals surface area (Å²) in [5, 5.41) is 2.43. The van der Waals surface area contributed by atoms with E-state index in [2.05, 4.69) is 5.32 Å². The summed E-state index contributed by atoms with van der Waals surface area (Å²) < 4.78 is 38.4. The van der Waals surface area contributed by atoms with E-state index in [4.69, 9.17) is 0 Å². The molecule has 0 aliphatic rings. The molecule has 0 aliphatic carbocycles. The maximum atomic E-state index is 13.8. The van der Waals surface area contributed by atoms with Crippen LogP contribution in [0.4, 0.5) is 10.1 Å². The smallest absolute Gasteiger partial charge is 0.257 e. The van der Waals surface area contributed by atoms with Crippen LogP contribution in [0.25, 0.3) is 0 Å². The molecule has 0 saturated heterocycles. The molecule has 4 nitrogen and oxygen atoms in total. The maximum absolute atomic E-state index is 13.8. The fourth-order valence-electron chi connectivity index (χ4n) is 2.22. The first kappa shape index (κ1) is 17.1. The molecule has 0 bridgehead atoms. The Morgan fingerprint density at radius 3 is 2.52 bits per heavy atom. The first-order valence-corrected chi connectivity index (χ1v) is 8.89. The maximum Gasteiger partial charge on any atom is 0.257 e. The minimum absolute atomic E-state index is 0.0147. The van der Waals surface area contributed by atoms with E-state index in [-0.39, 0.29) is 21.9 Å². The van der Waals surface area contributed by atoms with E-state index in [1.165, 1.54) is 24.3 Å². The van der Waals surface area contributed by atoms with Crippen molar-refractivity contribution in [2.75, 3.05) is 11.1 Å². The highest BCUT2D eigenvalue weighted by Crippen LogP contribution is 2.21. The molecule has 0 aliphatic heterocycles. The standard InChI is InChI=1S/C17H18FNO3S/c1-3-10-23(21,22)16-7-5-4-6-13(16)17(20)19-15-9-8-12(2)11-14(15)18/h4-9,11H,3,10H2,1-2H3,(H,19,20). The van der Waals surface area contributed by atoms with Gasteiger partial charge in [-0.05, 0) is 43.2 Å². The van der Waals surface area contributed by atoms with Crippen molar-refractivity contribution >= 4 is 21.4 Å². The Kier molecular flexibility index (Phi) is 5.15. The van der Waals surface area contributed by atoms with Gasteiger partial charge >= 0.3 is 0 Å². The summed E-state index contributed by atoms with van der Waals surface area (Å²) in [7, 11) is -3.55. The van der Waals surface area contributed by atoms with E-state index in [9.17, 15) is 17.6 Å². The van der Waals surface area contributed by atoms with Crippen LogP contribution < -0.4 is 5.32 Å². The van der Waals surface area contributed by atoms with Crippen LogP contribution in [0.1, 0.15) is 29.3 Å². The lowest BCUT2D eigenvalue weighted by Gasteiger charge is -2.11. The number of halogens is 1. The number of carbonyl (C=O) groups excluding carboxylic acids is 1. The number of amides is 1. The van der Waals surface area contributed by atoms with Gasteiger partial charge in [-0.25, -0.2) is 12.8 Å². The molecule has 0 aromatic heterocycles. The second-order valence-corrected chi connectivity index (χ2v) is 7.33. The number of nitrogens with one attached hydrogen (secondary N) is 1. The van der Waals surface area contributed by atoms with Crippen LogP contribution in [0, 0.1) is 12.7 Å². The van der Waals surface area contributed by atoms with E-state index < -0.39 is 21.6 Å². The number of benzene rings is 2. The zero-order valence-electron chi connectivity index (χ0n) is 13.0. The van der Waals surface area contributed by atoms with Crippen molar-refractivity contribution < 1.29 is 17.6 Å². The normalized spacial score (nSPS) is 11.3. The van der Waals surface area contributed by atoms with Gasteiger partial charge < -0.3 is 5.32 Å². The molecular weight excluding hydrogens is 317 g/mol. The summed E-state index contributed by atoms with van der Waals surface area (Å²) in [6, 6.07) is 10.4. The summed E-state index contributed by atoms with van der Waals surface area (Å²) in [5.74, 6) is -1.26. The number of hydrogen-bond acceptors (Lipinski definition) is 3. The van der Waals surface area contributed by atoms with Crippen LogP contribution in [-0.2, 0) is 9.84 Å². The molecule has 0 fully saturated rings. The summed E-state index contributed by atoms with van der Waals surface area (Å²) in [6.45, 7) is 3.49. The predicted molar refractivity (Wildman–Crippen MR) is 87.9 cm³/mol. The Bertz CT molecular complexity index is 831. The van der Waals surface area contributed by atoms with Crippen LogP contribution >= 0.6 is 0 Å². The minimum atomic E-state index is -3.55. The average molecular weight is 335 g/mol. The quantitative estimate of drug-likeness (QED) is 0.908. The molecule has 0 atom stereocenters. The van der Waals surface area contributed by atoms with Crippen molar-refractivity contribution in [2.45, 2.75) is 25.2 Å². The molecule has 0 radical (unpaired) electrons. The number of hydrogen-bond donors (Lipinski definition) is 1. The highest BCUT2D eigenvalue weighted by atomic mass is 32.2. The highest BCUT2D eigenvalue weighted by molar-refractivity contribution is 7.91. The van der Waals surface area contributed by atoms with Gasteiger partial charge in [0.05, 0.1) is 21.9 Å². The second kappa shape index (κ2) is 6.91. The summed E-state index contributed by atoms with van der Waals surface area (Å²) in [5.41, 5.74) is 0.760. The zero-order chi connectivity index (χ0) is 17.0. The molecule has 1 amide bonds. The molecule has 122 valence electrons. The summed E-state index contributed by atoms with van der Waals surface area (Å²) in [4.78, 5) is 12.3. The van der Waals surface area contributed by atoms with Crippen molar-refractivity contribution in [2.24, 2.45) is 0 Å². The molecule has 6 heteroatoms. The van der Waals surface area contributed by atoms with E-state index >= 15 is 0 Å². The van der Waals surface area contributed by atoms with Gasteiger partial charge in [-0.2, -0.15) is 0 Å². The van der Waals surface area contributed by atoms with Gasteiger partial charge in [0.15, 0.2) is 9.84 Å². The third-order valence-corrected chi connectivity index (χ3v) is 5.28. The largest absolute Gasteiger partial charge is 0.319 e. The predicted octanol–water partition coefficient (Wildman–Crippen LogP) is 3.57. The lowest BCUT2D eigenvalue weighted by Crippen LogP contribution is -2.18. The Morgan fingerprint density at radius 1 is 1.17 bits per heavy atom. The van der Waals surface area contributed by atoms with Gasteiger partial charge in [-0.3, -0.25) is 4.79 Å². The highest BCUT2D eigenvalue weighted by Gasteiger charge is 2.22. The summed E-state index contributed by atoms with van der Waals surface area (Å²) >= 11 is 0. The monoisotopic (exact) mass is 335 g/mol. The van der Waals surface area contributed by atoms with Crippen molar-refractivity contribution in [1.29, 1.82) is 0 Å². The van der Waals surface area contributed by atoms with E-state index in [1.54, 1.807) is 32.0 Å². The summed E-state index contributed by atoms with van der Waals surface area (Å²) in [6.07, 6.45) is 0.449. The Morgan fingerprint density at radius 2 is 1.87 bits per heavy atom. The number of carbonyl (C=O) groups is 1. The lowest BCUT2D eigenvalue weighted by atomic mass is 10.2. The van der Waals surface area contributed by atoms with Crippen LogP contribution in [-0.4, -0.2) is 20.1 Å². The molecule has 0 unspecified atom stereocenters. The van der Waals surface area contributed by atoms with Gasteiger partial charge in [0.25, 0.3) is 5.91 Å². The molecule has 23 heavy (non-hydrogen) atoms. The van der Waals surface area contributed by atoms with Crippen LogP contribution in [0.15, 0.2) is 47.4 Å². The second-order valence-electron chi connectivity index (χ2n) is 5.25. The van der Waals surface area contributed by atoms with Crippen molar-refractivity contribution in [3.8, 4) is 0 Å². The Hall–Kier alpha value is -2.21. The molecule has 2 aromatic rings. The molecule has 0 saturated carbocycles. The molecular formula is C17H18FNO3S. The molecule has 2 rings (SSSR count). The first-order valence-electron chi connectivity index (χ1n) is 7.24. The minimum Gasteiger partial charge on any atom is -0.319 e. The Balaban J connectivity index is 2.37. The fourth-order valence-corrected chi connectivity index (χ4v) is 3.75. The number of sulfone groups is 1. The third kappa shape index (κ3) is 3.96. The number of aryl methyl sites for hydroxylation is 1. The Labute approximate surface area is 135 Å². The van der Waals surface area contributed by atoms with Crippen molar-refractivity contribution in [3.63, 3.8) is 0 Å². The molecule has 1 N–H and O–H groups in total. The number of anilines is 1. The van der Waals surface area contributed by atoms with Crippen LogP contribution in [0.3, 0.4) is 0 Å². The number of rotatable bonds is 5. The van der Waals surface area contributed by atoms with Crippen molar-refractivity contribution in [1.82, 2.24) is 0 Å².